The number of carbonyl (C=O) groups is 2. The van der Waals surface area contributed by atoms with Crippen molar-refractivity contribution in [3.05, 3.63) is 12.2 Å². The van der Waals surface area contributed by atoms with Crippen LogP contribution in [0.25, 0.3) is 0 Å². The zero-order valence-electron chi connectivity index (χ0n) is 11.5. The first-order chi connectivity index (χ1) is 8.61. The van der Waals surface area contributed by atoms with Crippen LogP contribution < -0.4 is 0 Å². The molecule has 0 aliphatic rings. The molecule has 18 heavy (non-hydrogen) atoms. The highest BCUT2D eigenvalue weighted by Crippen LogP contribution is 2.05. The minimum Gasteiger partial charge on any atom is -0.465 e. The van der Waals surface area contributed by atoms with Gasteiger partial charge in [-0.25, -0.2) is 4.79 Å². The van der Waals surface area contributed by atoms with Gasteiger partial charge in [-0.15, -0.1) is 0 Å². The largest absolute Gasteiger partial charge is 0.465 e. The molecule has 0 unspecified atom stereocenters. The molecule has 0 spiro atoms. The summed E-state index contributed by atoms with van der Waals surface area (Å²) in [5.41, 5.74) is 0.160. The molecular formula is C14H24O4. The van der Waals surface area contributed by atoms with E-state index in [1.807, 2.05) is 6.92 Å². The molecule has 0 radical (unpaired) electrons. The van der Waals surface area contributed by atoms with E-state index in [1.54, 1.807) is 0 Å². The molecule has 0 aromatic carbocycles. The molecule has 0 aromatic heterocycles. The smallest absolute Gasteiger partial charge is 0.333 e. The van der Waals surface area contributed by atoms with Crippen LogP contribution in [0.2, 0.25) is 0 Å². The van der Waals surface area contributed by atoms with Crippen LogP contribution in [0.3, 0.4) is 0 Å². The molecule has 0 aliphatic heterocycles. The Bertz CT molecular complexity index is 271. The SMILES string of the molecule is C=C(CC(=O)OCCCC)C(=O)OCCCCC. The monoisotopic (exact) mass is 256 g/mol. The molecule has 0 saturated carbocycles. The fraction of sp³-hybridized carbons (Fsp3) is 0.714. The summed E-state index contributed by atoms with van der Waals surface area (Å²) in [5.74, 6) is -0.919. The van der Waals surface area contributed by atoms with Crippen molar-refractivity contribution in [3.8, 4) is 0 Å². The highest BCUT2D eigenvalue weighted by Gasteiger charge is 2.13. The molecule has 0 aromatic rings. The normalized spacial score (nSPS) is 9.89. The van der Waals surface area contributed by atoms with Gasteiger partial charge in [0.1, 0.15) is 0 Å². The first-order valence-electron chi connectivity index (χ1n) is 6.62. The Morgan fingerprint density at radius 2 is 1.56 bits per heavy atom. The maximum Gasteiger partial charge on any atom is 0.333 e. The Morgan fingerprint density at radius 3 is 2.17 bits per heavy atom. The van der Waals surface area contributed by atoms with Crippen molar-refractivity contribution in [1.29, 1.82) is 0 Å². The molecule has 0 bridgehead atoms. The number of unbranched alkanes of at least 4 members (excludes halogenated alkanes) is 3. The molecule has 0 atom stereocenters. The van der Waals surface area contributed by atoms with Crippen molar-refractivity contribution in [2.75, 3.05) is 13.2 Å². The van der Waals surface area contributed by atoms with Crippen molar-refractivity contribution in [2.45, 2.75) is 52.4 Å². The summed E-state index contributed by atoms with van der Waals surface area (Å²) < 4.78 is 9.92. The molecule has 0 N–H and O–H groups in total. The van der Waals surface area contributed by atoms with Crippen LogP contribution in [0.4, 0.5) is 0 Å². The van der Waals surface area contributed by atoms with Gasteiger partial charge in [-0.3, -0.25) is 4.79 Å². The molecular weight excluding hydrogens is 232 g/mol. The second-order valence-corrected chi connectivity index (χ2v) is 4.20. The summed E-state index contributed by atoms with van der Waals surface area (Å²) >= 11 is 0. The topological polar surface area (TPSA) is 52.6 Å². The van der Waals surface area contributed by atoms with Gasteiger partial charge in [0.15, 0.2) is 0 Å². The molecule has 104 valence electrons. The van der Waals surface area contributed by atoms with Gasteiger partial charge in [0.25, 0.3) is 0 Å². The first-order valence-corrected chi connectivity index (χ1v) is 6.62. The molecule has 0 amide bonds. The van der Waals surface area contributed by atoms with E-state index in [2.05, 4.69) is 13.5 Å². The number of carbonyl (C=O) groups excluding carboxylic acids is 2. The molecule has 0 heterocycles. The van der Waals surface area contributed by atoms with E-state index in [4.69, 9.17) is 9.47 Å². The Labute approximate surface area is 109 Å². The predicted molar refractivity (Wildman–Crippen MR) is 70.1 cm³/mol. The van der Waals surface area contributed by atoms with Crippen LogP contribution in [0.1, 0.15) is 52.4 Å². The summed E-state index contributed by atoms with van der Waals surface area (Å²) in [4.78, 5) is 22.8. The minimum atomic E-state index is -0.501. The van der Waals surface area contributed by atoms with Crippen molar-refractivity contribution in [2.24, 2.45) is 0 Å². The highest BCUT2D eigenvalue weighted by atomic mass is 16.5. The maximum absolute atomic E-state index is 11.4. The van der Waals surface area contributed by atoms with Gasteiger partial charge in [-0.1, -0.05) is 39.7 Å². The highest BCUT2D eigenvalue weighted by molar-refractivity contribution is 5.93. The zero-order valence-corrected chi connectivity index (χ0v) is 11.5. The minimum absolute atomic E-state index is 0.0870. The molecule has 0 saturated heterocycles. The van der Waals surface area contributed by atoms with E-state index in [0.717, 1.165) is 32.1 Å². The zero-order chi connectivity index (χ0) is 13.8. The quantitative estimate of drug-likeness (QED) is 0.342. The Balaban J connectivity index is 3.72. The van der Waals surface area contributed by atoms with Crippen LogP contribution in [-0.4, -0.2) is 25.2 Å². The maximum atomic E-state index is 11.4. The number of hydrogen-bond donors (Lipinski definition) is 0. The Kier molecular flexibility index (Phi) is 10.0. The lowest BCUT2D eigenvalue weighted by molar-refractivity contribution is -0.146. The molecule has 4 nitrogen and oxygen atoms in total. The lowest BCUT2D eigenvalue weighted by atomic mass is 10.2. The van der Waals surface area contributed by atoms with E-state index in [-0.39, 0.29) is 12.0 Å². The summed E-state index contributed by atoms with van der Waals surface area (Å²) in [6, 6.07) is 0. The van der Waals surface area contributed by atoms with E-state index >= 15 is 0 Å². The summed E-state index contributed by atoms with van der Waals surface area (Å²) in [5, 5.41) is 0. The van der Waals surface area contributed by atoms with Crippen molar-refractivity contribution in [1.82, 2.24) is 0 Å². The van der Waals surface area contributed by atoms with Crippen LogP contribution in [0.15, 0.2) is 12.2 Å². The second kappa shape index (κ2) is 10.8. The third-order valence-corrected chi connectivity index (χ3v) is 2.39. The van der Waals surface area contributed by atoms with Gasteiger partial charge in [-0.05, 0) is 12.8 Å². The van der Waals surface area contributed by atoms with Crippen molar-refractivity contribution >= 4 is 11.9 Å². The average molecular weight is 256 g/mol. The van der Waals surface area contributed by atoms with Crippen LogP contribution >= 0.6 is 0 Å². The predicted octanol–water partition coefficient (Wildman–Crippen LogP) is 3.01. The van der Waals surface area contributed by atoms with E-state index in [0.29, 0.717) is 13.2 Å². The summed E-state index contributed by atoms with van der Waals surface area (Å²) in [6.07, 6.45) is 4.65. The van der Waals surface area contributed by atoms with Crippen molar-refractivity contribution < 1.29 is 19.1 Å². The van der Waals surface area contributed by atoms with E-state index < -0.39 is 11.9 Å². The average Bonchev–Trinajstić information content (AvgIpc) is 2.34. The number of ether oxygens (including phenoxy) is 2. The lowest BCUT2D eigenvalue weighted by Gasteiger charge is -2.07. The van der Waals surface area contributed by atoms with Gasteiger partial charge in [0.2, 0.25) is 0 Å². The first kappa shape index (κ1) is 16.7. The lowest BCUT2D eigenvalue weighted by Crippen LogP contribution is -2.14. The van der Waals surface area contributed by atoms with Gasteiger partial charge in [0, 0.05) is 5.57 Å². The number of rotatable bonds is 10. The third-order valence-electron chi connectivity index (χ3n) is 2.39. The van der Waals surface area contributed by atoms with E-state index in [1.165, 1.54) is 0 Å². The molecule has 0 rings (SSSR count). The third kappa shape index (κ3) is 8.79. The van der Waals surface area contributed by atoms with Crippen LogP contribution in [0.5, 0.6) is 0 Å². The van der Waals surface area contributed by atoms with Crippen molar-refractivity contribution in [3.63, 3.8) is 0 Å². The van der Waals surface area contributed by atoms with Gasteiger partial charge >= 0.3 is 11.9 Å². The Hall–Kier alpha value is -1.32. The Morgan fingerprint density at radius 1 is 0.944 bits per heavy atom. The van der Waals surface area contributed by atoms with Gasteiger partial charge in [-0.2, -0.15) is 0 Å². The second-order valence-electron chi connectivity index (χ2n) is 4.20. The number of esters is 2. The summed E-state index contributed by atoms with van der Waals surface area (Å²) in [7, 11) is 0. The van der Waals surface area contributed by atoms with Crippen LogP contribution in [-0.2, 0) is 19.1 Å². The molecule has 4 heteroatoms. The fourth-order valence-corrected chi connectivity index (χ4v) is 1.25. The molecule has 0 aliphatic carbocycles. The fourth-order valence-electron chi connectivity index (χ4n) is 1.25. The van der Waals surface area contributed by atoms with E-state index in [9.17, 15) is 9.59 Å². The van der Waals surface area contributed by atoms with Gasteiger partial charge < -0.3 is 9.47 Å². The summed E-state index contributed by atoms with van der Waals surface area (Å²) in [6.45, 7) is 8.42. The van der Waals surface area contributed by atoms with Gasteiger partial charge in [0.05, 0.1) is 19.6 Å². The molecule has 0 fully saturated rings. The number of hydrogen-bond acceptors (Lipinski definition) is 4. The van der Waals surface area contributed by atoms with Crippen LogP contribution in [0, 0.1) is 0 Å². The standard InChI is InChI=1S/C14H24O4/c1-4-6-8-10-18-14(16)12(3)11-13(15)17-9-7-5-2/h3-11H2,1-2H3.